The van der Waals surface area contributed by atoms with Crippen molar-refractivity contribution >= 4 is 21.7 Å². The zero-order valence-corrected chi connectivity index (χ0v) is 12.5. The minimum Gasteiger partial charge on any atom is -0.377 e. The Hall–Kier alpha value is -0.880. The Labute approximate surface area is 124 Å². The molecule has 0 saturated carbocycles. The molecule has 0 saturated heterocycles. The molecule has 1 aromatic rings. The summed E-state index contributed by atoms with van der Waals surface area (Å²) in [6.07, 6.45) is -2.38. The van der Waals surface area contributed by atoms with Gasteiger partial charge in [0.2, 0.25) is 0 Å². The SMILES string of the molecule is O=C(CBr)CCCCOCc1cccc(C(F)(F)F)c1. The van der Waals surface area contributed by atoms with E-state index in [1.54, 1.807) is 6.07 Å². The number of unbranched alkanes of at least 4 members (excludes halogenated alkanes) is 1. The molecule has 0 aliphatic carbocycles. The van der Waals surface area contributed by atoms with Crippen LogP contribution in [0.4, 0.5) is 13.2 Å². The van der Waals surface area contributed by atoms with Gasteiger partial charge in [0, 0.05) is 13.0 Å². The van der Waals surface area contributed by atoms with E-state index in [2.05, 4.69) is 15.9 Å². The van der Waals surface area contributed by atoms with Gasteiger partial charge in [0.05, 0.1) is 17.5 Å². The van der Waals surface area contributed by atoms with Crippen molar-refractivity contribution in [3.63, 3.8) is 0 Å². The van der Waals surface area contributed by atoms with Crippen LogP contribution in [-0.2, 0) is 22.3 Å². The van der Waals surface area contributed by atoms with E-state index in [1.807, 2.05) is 0 Å². The number of carbonyl (C=O) groups is 1. The van der Waals surface area contributed by atoms with Gasteiger partial charge in [-0.3, -0.25) is 4.79 Å². The van der Waals surface area contributed by atoms with Crippen LogP contribution in [0.1, 0.15) is 30.4 Å². The maximum atomic E-state index is 12.5. The number of alkyl halides is 4. The number of ketones is 1. The van der Waals surface area contributed by atoms with Crippen LogP contribution in [0.2, 0.25) is 0 Å². The third kappa shape index (κ3) is 6.52. The maximum Gasteiger partial charge on any atom is 0.416 e. The Morgan fingerprint density at radius 3 is 2.65 bits per heavy atom. The van der Waals surface area contributed by atoms with Crippen molar-refractivity contribution in [2.75, 3.05) is 11.9 Å². The summed E-state index contributed by atoms with van der Waals surface area (Å²) in [6.45, 7) is 0.585. The Kier molecular flexibility index (Phi) is 7.23. The van der Waals surface area contributed by atoms with Gasteiger partial charge in [-0.25, -0.2) is 0 Å². The minimum atomic E-state index is -4.33. The highest BCUT2D eigenvalue weighted by Crippen LogP contribution is 2.29. The Morgan fingerprint density at radius 1 is 1.25 bits per heavy atom. The van der Waals surface area contributed by atoms with E-state index in [4.69, 9.17) is 4.74 Å². The lowest BCUT2D eigenvalue weighted by Gasteiger charge is -2.09. The van der Waals surface area contributed by atoms with Gasteiger partial charge in [0.1, 0.15) is 5.78 Å². The molecule has 2 nitrogen and oxygen atoms in total. The molecule has 112 valence electrons. The first-order valence-corrected chi connectivity index (χ1v) is 7.37. The smallest absolute Gasteiger partial charge is 0.377 e. The van der Waals surface area contributed by atoms with E-state index in [9.17, 15) is 18.0 Å². The number of rotatable bonds is 8. The van der Waals surface area contributed by atoms with Crippen LogP contribution in [0.15, 0.2) is 24.3 Å². The quantitative estimate of drug-likeness (QED) is 0.513. The molecular formula is C14H16BrF3O2. The highest BCUT2D eigenvalue weighted by atomic mass is 79.9. The van der Waals surface area contributed by atoms with E-state index < -0.39 is 11.7 Å². The molecule has 6 heteroatoms. The van der Waals surface area contributed by atoms with E-state index in [1.165, 1.54) is 6.07 Å². The van der Waals surface area contributed by atoms with Crippen molar-refractivity contribution in [2.45, 2.75) is 32.0 Å². The van der Waals surface area contributed by atoms with E-state index in [0.29, 0.717) is 23.9 Å². The van der Waals surface area contributed by atoms with Crippen molar-refractivity contribution in [2.24, 2.45) is 0 Å². The second kappa shape index (κ2) is 8.42. The van der Waals surface area contributed by atoms with Crippen LogP contribution in [0, 0.1) is 0 Å². The number of hydrogen-bond acceptors (Lipinski definition) is 2. The Bertz CT molecular complexity index is 433. The molecule has 0 spiro atoms. The molecule has 0 aliphatic rings. The largest absolute Gasteiger partial charge is 0.416 e. The van der Waals surface area contributed by atoms with Crippen molar-refractivity contribution in [1.29, 1.82) is 0 Å². The number of halogens is 4. The first kappa shape index (κ1) is 17.2. The van der Waals surface area contributed by atoms with Crippen molar-refractivity contribution < 1.29 is 22.7 Å². The predicted octanol–water partition coefficient (Wildman–Crippen LogP) is 4.36. The van der Waals surface area contributed by atoms with Crippen LogP contribution in [-0.4, -0.2) is 17.7 Å². The van der Waals surface area contributed by atoms with E-state index in [0.717, 1.165) is 25.0 Å². The lowest BCUT2D eigenvalue weighted by molar-refractivity contribution is -0.137. The fourth-order valence-corrected chi connectivity index (χ4v) is 1.90. The minimum absolute atomic E-state index is 0.142. The summed E-state index contributed by atoms with van der Waals surface area (Å²) in [4.78, 5) is 11.0. The van der Waals surface area contributed by atoms with Gasteiger partial charge in [-0.1, -0.05) is 28.1 Å². The van der Waals surface area contributed by atoms with Gasteiger partial charge in [0.15, 0.2) is 0 Å². The number of benzene rings is 1. The van der Waals surface area contributed by atoms with Crippen LogP contribution in [0.3, 0.4) is 0 Å². The summed E-state index contributed by atoms with van der Waals surface area (Å²) in [7, 11) is 0. The number of carbonyl (C=O) groups excluding carboxylic acids is 1. The second-order valence-corrected chi connectivity index (χ2v) is 4.94. The van der Waals surface area contributed by atoms with Crippen molar-refractivity contribution in [3.8, 4) is 0 Å². The summed E-state index contributed by atoms with van der Waals surface area (Å²) in [5.41, 5.74) is -0.169. The first-order chi connectivity index (χ1) is 9.43. The van der Waals surface area contributed by atoms with Gasteiger partial charge in [-0.05, 0) is 30.5 Å². The lowest BCUT2D eigenvalue weighted by Crippen LogP contribution is -2.06. The molecule has 0 aliphatic heterocycles. The zero-order chi connectivity index (χ0) is 15.0. The first-order valence-electron chi connectivity index (χ1n) is 6.25. The monoisotopic (exact) mass is 352 g/mol. The number of hydrogen-bond donors (Lipinski definition) is 0. The second-order valence-electron chi connectivity index (χ2n) is 4.38. The molecule has 0 bridgehead atoms. The zero-order valence-electron chi connectivity index (χ0n) is 10.9. The molecule has 1 rings (SSSR count). The normalized spacial score (nSPS) is 11.6. The molecule has 20 heavy (non-hydrogen) atoms. The summed E-state index contributed by atoms with van der Waals surface area (Å²) >= 11 is 3.08. The van der Waals surface area contributed by atoms with Crippen molar-refractivity contribution in [3.05, 3.63) is 35.4 Å². The molecule has 0 atom stereocenters. The molecule has 0 heterocycles. The molecule has 0 aromatic heterocycles. The molecular weight excluding hydrogens is 337 g/mol. The van der Waals surface area contributed by atoms with Crippen LogP contribution < -0.4 is 0 Å². The summed E-state index contributed by atoms with van der Waals surface area (Å²) in [5, 5.41) is 0.359. The summed E-state index contributed by atoms with van der Waals surface area (Å²) < 4.78 is 42.8. The predicted molar refractivity (Wildman–Crippen MR) is 73.8 cm³/mol. The standard InChI is InChI=1S/C14H16BrF3O2/c15-9-13(19)6-1-2-7-20-10-11-4-3-5-12(8-11)14(16,17)18/h3-5,8H,1-2,6-7,9-10H2. The molecule has 0 unspecified atom stereocenters. The molecule has 0 radical (unpaired) electrons. The van der Waals surface area contributed by atoms with E-state index in [-0.39, 0.29) is 12.4 Å². The number of Topliss-reactive ketones (excluding diaryl/α,β-unsaturated/α-hetero) is 1. The van der Waals surface area contributed by atoms with Crippen LogP contribution >= 0.6 is 15.9 Å². The van der Waals surface area contributed by atoms with E-state index >= 15 is 0 Å². The van der Waals surface area contributed by atoms with Gasteiger partial charge >= 0.3 is 6.18 Å². The third-order valence-electron chi connectivity index (χ3n) is 2.67. The Balaban J connectivity index is 2.27. The highest BCUT2D eigenvalue weighted by molar-refractivity contribution is 9.09. The fourth-order valence-electron chi connectivity index (χ4n) is 1.62. The molecule has 0 fully saturated rings. The van der Waals surface area contributed by atoms with Crippen LogP contribution in [0.25, 0.3) is 0 Å². The topological polar surface area (TPSA) is 26.3 Å². The van der Waals surface area contributed by atoms with Gasteiger partial charge < -0.3 is 4.74 Å². The van der Waals surface area contributed by atoms with Gasteiger partial charge in [-0.15, -0.1) is 0 Å². The number of ether oxygens (including phenoxy) is 1. The average molecular weight is 353 g/mol. The lowest BCUT2D eigenvalue weighted by atomic mass is 10.1. The van der Waals surface area contributed by atoms with Gasteiger partial charge in [-0.2, -0.15) is 13.2 Å². The maximum absolute atomic E-state index is 12.5. The Morgan fingerprint density at radius 2 is 2.00 bits per heavy atom. The van der Waals surface area contributed by atoms with Crippen molar-refractivity contribution in [1.82, 2.24) is 0 Å². The van der Waals surface area contributed by atoms with Gasteiger partial charge in [0.25, 0.3) is 0 Å². The average Bonchev–Trinajstić information content (AvgIpc) is 2.41. The third-order valence-corrected chi connectivity index (χ3v) is 3.29. The van der Waals surface area contributed by atoms with Crippen LogP contribution in [0.5, 0.6) is 0 Å². The highest BCUT2D eigenvalue weighted by Gasteiger charge is 2.30. The molecule has 0 N–H and O–H groups in total. The molecule has 0 amide bonds. The summed E-state index contributed by atoms with van der Waals surface area (Å²) in [5.74, 6) is 0.142. The molecule has 1 aromatic carbocycles. The summed E-state index contributed by atoms with van der Waals surface area (Å²) in [6, 6.07) is 5.10. The fraction of sp³-hybridized carbons (Fsp3) is 0.500.